The first-order chi connectivity index (χ1) is 11.4. The molecule has 1 aliphatic rings. The molecule has 0 bridgehead atoms. The van der Waals surface area contributed by atoms with E-state index in [0.717, 1.165) is 4.88 Å². The third-order valence-electron chi connectivity index (χ3n) is 3.83. The molecule has 24 heavy (non-hydrogen) atoms. The summed E-state index contributed by atoms with van der Waals surface area (Å²) < 4.78 is 11.0. The van der Waals surface area contributed by atoms with Gasteiger partial charge in [-0.3, -0.25) is 4.79 Å². The fourth-order valence-corrected chi connectivity index (χ4v) is 3.29. The quantitative estimate of drug-likeness (QED) is 0.906. The average molecular weight is 350 g/mol. The highest BCUT2D eigenvalue weighted by Crippen LogP contribution is 2.26. The number of oxazole rings is 1. The lowest BCUT2D eigenvalue weighted by atomic mass is 10.2. The molecule has 3 heterocycles. The van der Waals surface area contributed by atoms with Gasteiger partial charge in [0.15, 0.2) is 6.10 Å². The number of carboxylic acids is 1. The number of aromatic nitrogens is 1. The number of thiophene rings is 1. The van der Waals surface area contributed by atoms with Crippen LogP contribution in [-0.4, -0.2) is 52.2 Å². The number of aliphatic carboxylic acids is 1. The van der Waals surface area contributed by atoms with Crippen LogP contribution in [0, 0.1) is 6.92 Å². The van der Waals surface area contributed by atoms with Crippen LogP contribution in [0.3, 0.4) is 0 Å². The molecule has 2 atom stereocenters. The number of carboxylic acid groups (broad SMARTS) is 1. The van der Waals surface area contributed by atoms with E-state index in [1.807, 2.05) is 17.5 Å². The van der Waals surface area contributed by atoms with Gasteiger partial charge in [0.25, 0.3) is 0 Å². The lowest BCUT2D eigenvalue weighted by Crippen LogP contribution is -2.52. The summed E-state index contributed by atoms with van der Waals surface area (Å²) in [7, 11) is 0. The van der Waals surface area contributed by atoms with E-state index >= 15 is 0 Å². The molecule has 3 rings (SSSR count). The van der Waals surface area contributed by atoms with Gasteiger partial charge in [-0.1, -0.05) is 6.07 Å². The summed E-state index contributed by atoms with van der Waals surface area (Å²) in [4.78, 5) is 30.5. The first-order valence-corrected chi connectivity index (χ1v) is 8.48. The number of amides is 1. The Morgan fingerprint density at radius 1 is 1.46 bits per heavy atom. The largest absolute Gasteiger partial charge is 0.479 e. The van der Waals surface area contributed by atoms with Crippen LogP contribution in [0.1, 0.15) is 18.4 Å². The molecule has 2 aromatic heterocycles. The van der Waals surface area contributed by atoms with Crippen molar-refractivity contribution in [2.75, 3.05) is 13.1 Å². The molecule has 1 N–H and O–H groups in total. The van der Waals surface area contributed by atoms with E-state index in [9.17, 15) is 9.59 Å². The molecule has 1 fully saturated rings. The number of ether oxygens (including phenoxy) is 1. The van der Waals surface area contributed by atoms with Crippen molar-refractivity contribution < 1.29 is 23.8 Å². The highest BCUT2D eigenvalue weighted by atomic mass is 32.1. The zero-order chi connectivity index (χ0) is 17.3. The third-order valence-corrected chi connectivity index (χ3v) is 4.69. The molecule has 0 saturated carbocycles. The first kappa shape index (κ1) is 16.7. The molecule has 128 valence electrons. The summed E-state index contributed by atoms with van der Waals surface area (Å²) in [6, 6.07) is 3.81. The van der Waals surface area contributed by atoms with E-state index in [2.05, 4.69) is 4.98 Å². The van der Waals surface area contributed by atoms with Crippen LogP contribution >= 0.6 is 11.3 Å². The lowest BCUT2D eigenvalue weighted by molar-refractivity contribution is -0.166. The summed E-state index contributed by atoms with van der Waals surface area (Å²) in [5.74, 6) is -0.130. The second-order valence-electron chi connectivity index (χ2n) is 5.75. The topological polar surface area (TPSA) is 92.9 Å². The van der Waals surface area contributed by atoms with Crippen molar-refractivity contribution in [3.63, 3.8) is 0 Å². The first-order valence-electron chi connectivity index (χ1n) is 7.60. The van der Waals surface area contributed by atoms with Crippen LogP contribution in [0.2, 0.25) is 0 Å². The molecule has 1 amide bonds. The van der Waals surface area contributed by atoms with Gasteiger partial charge in [-0.05, 0) is 25.3 Å². The number of hydrogen-bond acceptors (Lipinski definition) is 6. The molecule has 7 nitrogen and oxygen atoms in total. The molecular weight excluding hydrogens is 332 g/mol. The molecule has 0 aromatic carbocycles. The number of morpholine rings is 1. The highest BCUT2D eigenvalue weighted by molar-refractivity contribution is 7.13. The number of rotatable bonds is 4. The van der Waals surface area contributed by atoms with Crippen molar-refractivity contribution in [3.8, 4) is 10.8 Å². The Hall–Kier alpha value is -2.19. The Kier molecular flexibility index (Phi) is 4.68. The summed E-state index contributed by atoms with van der Waals surface area (Å²) in [5.41, 5.74) is 0.578. The summed E-state index contributed by atoms with van der Waals surface area (Å²) in [6.45, 7) is 3.95. The predicted molar refractivity (Wildman–Crippen MR) is 86.8 cm³/mol. The minimum absolute atomic E-state index is 0.0488. The van der Waals surface area contributed by atoms with Gasteiger partial charge in [-0.2, -0.15) is 0 Å². The minimum Gasteiger partial charge on any atom is -0.479 e. The normalized spacial score (nSPS) is 21.0. The number of carbonyl (C=O) groups is 2. The Morgan fingerprint density at radius 3 is 2.92 bits per heavy atom. The number of aryl methyl sites for hydroxylation is 1. The van der Waals surface area contributed by atoms with Crippen molar-refractivity contribution >= 4 is 23.2 Å². The van der Waals surface area contributed by atoms with E-state index < -0.39 is 12.1 Å². The van der Waals surface area contributed by atoms with E-state index in [4.69, 9.17) is 14.3 Å². The highest BCUT2D eigenvalue weighted by Gasteiger charge is 2.33. The van der Waals surface area contributed by atoms with Gasteiger partial charge in [-0.15, -0.1) is 11.3 Å². The van der Waals surface area contributed by atoms with Crippen LogP contribution in [-0.2, 0) is 20.7 Å². The van der Waals surface area contributed by atoms with E-state index in [-0.39, 0.29) is 25.0 Å². The molecule has 2 aromatic rings. The van der Waals surface area contributed by atoms with Crippen LogP contribution < -0.4 is 0 Å². The van der Waals surface area contributed by atoms with Crippen molar-refractivity contribution in [1.29, 1.82) is 0 Å². The van der Waals surface area contributed by atoms with Gasteiger partial charge in [0.1, 0.15) is 5.76 Å². The Morgan fingerprint density at radius 2 is 2.25 bits per heavy atom. The maximum absolute atomic E-state index is 12.5. The second-order valence-corrected chi connectivity index (χ2v) is 6.70. The molecule has 1 aliphatic heterocycles. The summed E-state index contributed by atoms with van der Waals surface area (Å²) >= 11 is 1.52. The Balaban J connectivity index is 1.71. The molecule has 0 radical (unpaired) electrons. The molecule has 1 unspecified atom stereocenters. The fourth-order valence-electron chi connectivity index (χ4n) is 2.64. The predicted octanol–water partition coefficient (Wildman–Crippen LogP) is 1.95. The zero-order valence-electron chi connectivity index (χ0n) is 13.4. The molecule has 0 spiro atoms. The van der Waals surface area contributed by atoms with Crippen LogP contribution in [0.25, 0.3) is 10.8 Å². The third kappa shape index (κ3) is 3.49. The van der Waals surface area contributed by atoms with E-state index in [1.165, 1.54) is 16.2 Å². The molecular formula is C16H18N2O5S. The van der Waals surface area contributed by atoms with Crippen LogP contribution in [0.5, 0.6) is 0 Å². The van der Waals surface area contributed by atoms with Gasteiger partial charge < -0.3 is 19.2 Å². The molecule has 1 saturated heterocycles. The van der Waals surface area contributed by atoms with Crippen molar-refractivity contribution in [3.05, 3.63) is 29.0 Å². The van der Waals surface area contributed by atoms with Gasteiger partial charge in [-0.25, -0.2) is 9.78 Å². The minimum atomic E-state index is -1.06. The molecule has 8 heteroatoms. The number of hydrogen-bond donors (Lipinski definition) is 1. The summed E-state index contributed by atoms with van der Waals surface area (Å²) in [6.07, 6.45) is -1.22. The molecule has 0 aliphatic carbocycles. The summed E-state index contributed by atoms with van der Waals surface area (Å²) in [5, 5.41) is 11.0. The Labute approximate surface area is 142 Å². The van der Waals surface area contributed by atoms with Gasteiger partial charge >= 0.3 is 5.97 Å². The maximum atomic E-state index is 12.5. The maximum Gasteiger partial charge on any atom is 0.334 e. The fraction of sp³-hybridized carbons (Fsp3) is 0.438. The van der Waals surface area contributed by atoms with Gasteiger partial charge in [0.05, 0.1) is 29.6 Å². The van der Waals surface area contributed by atoms with Crippen LogP contribution in [0.15, 0.2) is 21.9 Å². The van der Waals surface area contributed by atoms with Gasteiger partial charge in [0.2, 0.25) is 11.8 Å². The smallest absolute Gasteiger partial charge is 0.334 e. The zero-order valence-corrected chi connectivity index (χ0v) is 14.2. The SMILES string of the molecule is Cc1oc(-c2cccs2)nc1CC(=O)N1CC(C(=O)O)O[C@H](C)C1. The Bertz CT molecular complexity index is 740. The van der Waals surface area contributed by atoms with Crippen molar-refractivity contribution in [1.82, 2.24) is 9.88 Å². The monoisotopic (exact) mass is 350 g/mol. The number of nitrogens with zero attached hydrogens (tertiary/aromatic N) is 2. The second kappa shape index (κ2) is 6.74. The van der Waals surface area contributed by atoms with Crippen LogP contribution in [0.4, 0.5) is 0 Å². The van der Waals surface area contributed by atoms with E-state index in [1.54, 1.807) is 13.8 Å². The lowest BCUT2D eigenvalue weighted by Gasteiger charge is -2.34. The van der Waals surface area contributed by atoms with Gasteiger partial charge in [0, 0.05) is 6.54 Å². The van der Waals surface area contributed by atoms with E-state index in [0.29, 0.717) is 23.9 Å². The van der Waals surface area contributed by atoms with Crippen molar-refractivity contribution in [2.24, 2.45) is 0 Å². The van der Waals surface area contributed by atoms with Crippen molar-refractivity contribution in [2.45, 2.75) is 32.5 Å². The standard InChI is InChI=1S/C16H18N2O5S/c1-9-7-18(8-12(22-9)16(20)21)14(19)6-11-10(2)23-15(17-11)13-4-3-5-24-13/h3-5,9,12H,6-8H2,1-2H3,(H,20,21)/t9-,12?/m1/s1. The average Bonchev–Trinajstić information content (AvgIpc) is 3.17. The number of carbonyl (C=O) groups excluding carboxylic acids is 1.